The highest BCUT2D eigenvalue weighted by atomic mass is 16.5. The Morgan fingerprint density at radius 1 is 1.28 bits per heavy atom. The van der Waals surface area contributed by atoms with E-state index in [1.54, 1.807) is 0 Å². The predicted molar refractivity (Wildman–Crippen MR) is 72.4 cm³/mol. The average molecular weight is 243 g/mol. The van der Waals surface area contributed by atoms with Crippen LogP contribution >= 0.6 is 0 Å². The molecule has 96 valence electrons. The van der Waals surface area contributed by atoms with Crippen molar-refractivity contribution in [2.24, 2.45) is 11.3 Å². The molecule has 2 atom stereocenters. The van der Waals surface area contributed by atoms with Crippen LogP contribution in [0, 0.1) is 22.7 Å². The summed E-state index contributed by atoms with van der Waals surface area (Å²) in [6.07, 6.45) is 3.64. The molecule has 0 N–H and O–H groups in total. The summed E-state index contributed by atoms with van der Waals surface area (Å²) in [5.41, 5.74) is 0.970. The maximum Gasteiger partial charge on any atom is 0.137 e. The van der Waals surface area contributed by atoms with Crippen molar-refractivity contribution in [3.8, 4) is 11.8 Å². The van der Waals surface area contributed by atoms with E-state index in [9.17, 15) is 0 Å². The first kappa shape index (κ1) is 13.0. The fourth-order valence-electron chi connectivity index (χ4n) is 3.19. The second-order valence-corrected chi connectivity index (χ2v) is 6.26. The lowest BCUT2D eigenvalue weighted by Gasteiger charge is -2.38. The predicted octanol–water partition coefficient (Wildman–Crippen LogP) is 4.15. The van der Waals surface area contributed by atoms with Crippen LogP contribution in [0.2, 0.25) is 0 Å². The number of nitriles is 1. The first-order valence-corrected chi connectivity index (χ1v) is 6.66. The van der Waals surface area contributed by atoms with Gasteiger partial charge in [0.2, 0.25) is 0 Å². The van der Waals surface area contributed by atoms with Gasteiger partial charge in [-0.1, -0.05) is 32.9 Å². The third kappa shape index (κ3) is 3.04. The number of hydrogen-bond donors (Lipinski definition) is 0. The van der Waals surface area contributed by atoms with Crippen molar-refractivity contribution in [1.82, 2.24) is 0 Å². The Balaban J connectivity index is 2.12. The average Bonchev–Trinajstić information content (AvgIpc) is 2.27. The van der Waals surface area contributed by atoms with Crippen LogP contribution in [-0.2, 0) is 0 Å². The van der Waals surface area contributed by atoms with E-state index in [1.165, 1.54) is 6.42 Å². The molecule has 1 aliphatic carbocycles. The third-order valence-corrected chi connectivity index (χ3v) is 3.65. The van der Waals surface area contributed by atoms with E-state index in [0.717, 1.165) is 18.6 Å². The van der Waals surface area contributed by atoms with Gasteiger partial charge in [-0.05, 0) is 42.7 Å². The number of para-hydroxylation sites is 1. The Labute approximate surface area is 110 Å². The number of benzene rings is 1. The molecule has 0 radical (unpaired) electrons. The molecule has 2 heteroatoms. The van der Waals surface area contributed by atoms with Gasteiger partial charge in [-0.3, -0.25) is 0 Å². The summed E-state index contributed by atoms with van der Waals surface area (Å²) >= 11 is 0. The summed E-state index contributed by atoms with van der Waals surface area (Å²) < 4.78 is 6.06. The summed E-state index contributed by atoms with van der Waals surface area (Å²) in [6, 6.07) is 9.70. The molecule has 1 fully saturated rings. The molecule has 2 rings (SSSR count). The van der Waals surface area contributed by atoms with Crippen LogP contribution in [0.15, 0.2) is 24.3 Å². The zero-order chi connectivity index (χ0) is 13.2. The molecular weight excluding hydrogens is 222 g/mol. The highest BCUT2D eigenvalue weighted by Crippen LogP contribution is 2.40. The Hall–Kier alpha value is -1.49. The molecule has 0 aliphatic heterocycles. The first-order valence-electron chi connectivity index (χ1n) is 6.66. The quantitative estimate of drug-likeness (QED) is 0.781. The number of ether oxygens (including phenoxy) is 1. The van der Waals surface area contributed by atoms with Crippen molar-refractivity contribution in [3.63, 3.8) is 0 Å². The molecule has 1 aromatic rings. The summed E-state index contributed by atoms with van der Waals surface area (Å²) in [4.78, 5) is 0. The molecule has 0 amide bonds. The van der Waals surface area contributed by atoms with Gasteiger partial charge in [0.05, 0.1) is 11.7 Å². The lowest BCUT2D eigenvalue weighted by molar-refractivity contribution is 0.0560. The van der Waals surface area contributed by atoms with Crippen molar-refractivity contribution >= 4 is 0 Å². The zero-order valence-corrected chi connectivity index (χ0v) is 11.4. The SMILES string of the molecule is CC1CC(Oc2ccccc2C#N)CC(C)(C)C1. The maximum atomic E-state index is 9.07. The van der Waals surface area contributed by atoms with Crippen LogP contribution < -0.4 is 4.74 Å². The van der Waals surface area contributed by atoms with Crippen LogP contribution in [0.1, 0.15) is 45.6 Å². The van der Waals surface area contributed by atoms with Crippen molar-refractivity contribution in [2.75, 3.05) is 0 Å². The van der Waals surface area contributed by atoms with Gasteiger partial charge in [-0.15, -0.1) is 0 Å². The second kappa shape index (κ2) is 5.02. The van der Waals surface area contributed by atoms with Gasteiger partial charge in [0.15, 0.2) is 0 Å². The molecule has 0 aromatic heterocycles. The third-order valence-electron chi connectivity index (χ3n) is 3.65. The molecule has 18 heavy (non-hydrogen) atoms. The fourth-order valence-corrected chi connectivity index (χ4v) is 3.19. The maximum absolute atomic E-state index is 9.07. The fraction of sp³-hybridized carbons (Fsp3) is 0.562. The molecule has 0 saturated heterocycles. The number of nitrogens with zero attached hydrogens (tertiary/aromatic N) is 1. The molecule has 2 unspecified atom stereocenters. The van der Waals surface area contributed by atoms with E-state index in [0.29, 0.717) is 16.9 Å². The van der Waals surface area contributed by atoms with Crippen molar-refractivity contribution in [1.29, 1.82) is 5.26 Å². The number of hydrogen-bond acceptors (Lipinski definition) is 2. The van der Waals surface area contributed by atoms with Gasteiger partial charge < -0.3 is 4.74 Å². The molecule has 0 spiro atoms. The molecule has 1 aromatic carbocycles. The Bertz CT molecular complexity index is 458. The highest BCUT2D eigenvalue weighted by Gasteiger charge is 2.33. The summed E-state index contributed by atoms with van der Waals surface area (Å²) in [5.74, 6) is 1.42. The Morgan fingerprint density at radius 3 is 2.67 bits per heavy atom. The molecule has 0 heterocycles. The van der Waals surface area contributed by atoms with Gasteiger partial charge in [0.1, 0.15) is 11.8 Å². The molecule has 0 bridgehead atoms. The van der Waals surface area contributed by atoms with E-state index in [-0.39, 0.29) is 6.10 Å². The molecular formula is C16H21NO. The molecule has 1 aliphatic rings. The van der Waals surface area contributed by atoms with Crippen molar-refractivity contribution in [3.05, 3.63) is 29.8 Å². The van der Waals surface area contributed by atoms with Gasteiger partial charge in [0, 0.05) is 0 Å². The van der Waals surface area contributed by atoms with E-state index in [4.69, 9.17) is 10.00 Å². The van der Waals surface area contributed by atoms with Crippen LogP contribution in [0.5, 0.6) is 5.75 Å². The topological polar surface area (TPSA) is 33.0 Å². The monoisotopic (exact) mass is 243 g/mol. The Kier molecular flexibility index (Phi) is 3.61. The van der Waals surface area contributed by atoms with Gasteiger partial charge in [0.25, 0.3) is 0 Å². The van der Waals surface area contributed by atoms with Crippen LogP contribution in [0.3, 0.4) is 0 Å². The molecule has 1 saturated carbocycles. The van der Waals surface area contributed by atoms with Gasteiger partial charge >= 0.3 is 0 Å². The summed E-state index contributed by atoms with van der Waals surface area (Å²) in [5, 5.41) is 9.07. The van der Waals surface area contributed by atoms with Crippen LogP contribution in [-0.4, -0.2) is 6.10 Å². The Morgan fingerprint density at radius 2 is 2.00 bits per heavy atom. The van der Waals surface area contributed by atoms with E-state index in [2.05, 4.69) is 26.8 Å². The van der Waals surface area contributed by atoms with Crippen molar-refractivity contribution < 1.29 is 4.74 Å². The lowest BCUT2D eigenvalue weighted by atomic mass is 9.71. The minimum atomic E-state index is 0.234. The smallest absolute Gasteiger partial charge is 0.137 e. The minimum absolute atomic E-state index is 0.234. The summed E-state index contributed by atoms with van der Waals surface area (Å²) in [7, 11) is 0. The largest absolute Gasteiger partial charge is 0.489 e. The standard InChI is InChI=1S/C16H21NO/c1-12-8-14(10-16(2,3)9-12)18-15-7-5-4-6-13(15)11-17/h4-7,12,14H,8-10H2,1-3H3. The normalized spacial score (nSPS) is 26.3. The second-order valence-electron chi connectivity index (χ2n) is 6.26. The lowest BCUT2D eigenvalue weighted by Crippen LogP contribution is -2.34. The van der Waals surface area contributed by atoms with Gasteiger partial charge in [-0.25, -0.2) is 0 Å². The van der Waals surface area contributed by atoms with Gasteiger partial charge in [-0.2, -0.15) is 5.26 Å². The molecule has 2 nitrogen and oxygen atoms in total. The van der Waals surface area contributed by atoms with Crippen LogP contribution in [0.4, 0.5) is 0 Å². The zero-order valence-electron chi connectivity index (χ0n) is 11.4. The highest BCUT2D eigenvalue weighted by molar-refractivity contribution is 5.42. The first-order chi connectivity index (χ1) is 8.50. The summed E-state index contributed by atoms with van der Waals surface area (Å²) in [6.45, 7) is 6.89. The van der Waals surface area contributed by atoms with Crippen LogP contribution in [0.25, 0.3) is 0 Å². The van der Waals surface area contributed by atoms with E-state index in [1.807, 2.05) is 24.3 Å². The van der Waals surface area contributed by atoms with Crippen molar-refractivity contribution in [2.45, 2.75) is 46.1 Å². The van der Waals surface area contributed by atoms with E-state index >= 15 is 0 Å². The minimum Gasteiger partial charge on any atom is -0.489 e. The van der Waals surface area contributed by atoms with E-state index < -0.39 is 0 Å². The number of rotatable bonds is 2.